The highest BCUT2D eigenvalue weighted by Gasteiger charge is 2.39. The second-order valence-corrected chi connectivity index (χ2v) is 9.05. The molecule has 1 N–H and O–H groups in total. The van der Waals surface area contributed by atoms with Crippen LogP contribution in [0.3, 0.4) is 0 Å². The highest BCUT2D eigenvalue weighted by Crippen LogP contribution is 2.37. The third-order valence-electron chi connectivity index (χ3n) is 4.53. The van der Waals surface area contributed by atoms with Crippen molar-refractivity contribution in [3.05, 3.63) is 104 Å². The lowest BCUT2D eigenvalue weighted by Gasteiger charge is -2.16. The van der Waals surface area contributed by atoms with E-state index in [0.29, 0.717) is 31.2 Å². The molecule has 1 aliphatic heterocycles. The van der Waals surface area contributed by atoms with Crippen LogP contribution in [0.4, 0.5) is 5.69 Å². The van der Waals surface area contributed by atoms with E-state index in [0.717, 1.165) is 4.90 Å². The molecule has 0 saturated heterocycles. The zero-order valence-corrected chi connectivity index (χ0v) is 19.0. The summed E-state index contributed by atoms with van der Waals surface area (Å²) in [6.07, 6.45) is 0. The summed E-state index contributed by atoms with van der Waals surface area (Å²) in [4.78, 5) is 28.8. The number of carbonyl (C=O) groups excluding carboxylic acids is 2. The molecule has 1 heterocycles. The van der Waals surface area contributed by atoms with Gasteiger partial charge in [0.25, 0.3) is 11.8 Å². The minimum atomic E-state index is -0.436. The normalized spacial score (nSPS) is 13.8. The van der Waals surface area contributed by atoms with Crippen molar-refractivity contribution >= 4 is 64.1 Å². The first-order valence-electron chi connectivity index (χ1n) is 9.22. The highest BCUT2D eigenvalue weighted by atomic mass is 35.5. The van der Waals surface area contributed by atoms with Gasteiger partial charge in [-0.1, -0.05) is 76.9 Å². The molecule has 0 radical (unpaired) electrons. The highest BCUT2D eigenvalue weighted by molar-refractivity contribution is 8.04. The van der Waals surface area contributed by atoms with Crippen molar-refractivity contribution in [3.8, 4) is 0 Å². The van der Waals surface area contributed by atoms with Crippen LogP contribution in [-0.4, -0.2) is 16.7 Å². The summed E-state index contributed by atoms with van der Waals surface area (Å²) in [6.45, 7) is 0.0350. The van der Waals surface area contributed by atoms with Gasteiger partial charge in [0.05, 0.1) is 6.54 Å². The number of carbonyl (C=O) groups is 2. The van der Waals surface area contributed by atoms with Crippen molar-refractivity contribution in [3.63, 3.8) is 0 Å². The fourth-order valence-corrected chi connectivity index (χ4v) is 4.66. The van der Waals surface area contributed by atoms with Crippen molar-refractivity contribution < 1.29 is 9.59 Å². The van der Waals surface area contributed by atoms with E-state index in [1.54, 1.807) is 42.5 Å². The molecule has 0 saturated carbocycles. The van der Waals surface area contributed by atoms with Crippen LogP contribution in [0.1, 0.15) is 5.56 Å². The second-order valence-electron chi connectivity index (χ2n) is 6.69. The third kappa shape index (κ3) is 4.91. The van der Waals surface area contributed by atoms with E-state index in [2.05, 4.69) is 5.32 Å². The fourth-order valence-electron chi connectivity index (χ4n) is 3.04. The summed E-state index contributed by atoms with van der Waals surface area (Å²) < 4.78 is 0. The zero-order valence-electron chi connectivity index (χ0n) is 15.9. The molecule has 0 bridgehead atoms. The van der Waals surface area contributed by atoms with Gasteiger partial charge in [-0.25, -0.2) is 0 Å². The first kappa shape index (κ1) is 21.8. The molecule has 0 fully saturated rings. The monoisotopic (exact) mass is 488 g/mol. The van der Waals surface area contributed by atoms with Crippen LogP contribution in [0.5, 0.6) is 0 Å². The SMILES string of the molecule is O=C1C(Nc2cccc(Cl)c2)=C(Sc2ccccc2)C(=O)N1Cc1ccc(Cl)cc1Cl. The van der Waals surface area contributed by atoms with Crippen molar-refractivity contribution in [2.24, 2.45) is 0 Å². The predicted octanol–water partition coefficient (Wildman–Crippen LogP) is 6.63. The Bertz CT molecular complexity index is 1200. The molecule has 8 heteroatoms. The van der Waals surface area contributed by atoms with Gasteiger partial charge in [0, 0.05) is 25.7 Å². The summed E-state index contributed by atoms with van der Waals surface area (Å²) in [5, 5.41) is 4.47. The van der Waals surface area contributed by atoms with E-state index in [9.17, 15) is 9.59 Å². The minimum Gasteiger partial charge on any atom is -0.350 e. The topological polar surface area (TPSA) is 49.4 Å². The lowest BCUT2D eigenvalue weighted by atomic mass is 10.2. The van der Waals surface area contributed by atoms with Crippen LogP contribution in [0.15, 0.2) is 88.3 Å². The maximum Gasteiger partial charge on any atom is 0.278 e. The van der Waals surface area contributed by atoms with Crippen molar-refractivity contribution in [1.29, 1.82) is 0 Å². The largest absolute Gasteiger partial charge is 0.350 e. The smallest absolute Gasteiger partial charge is 0.278 e. The van der Waals surface area contributed by atoms with E-state index in [4.69, 9.17) is 34.8 Å². The quantitative estimate of drug-likeness (QED) is 0.395. The average Bonchev–Trinajstić information content (AvgIpc) is 2.95. The number of thioether (sulfide) groups is 1. The van der Waals surface area contributed by atoms with Gasteiger partial charge >= 0.3 is 0 Å². The Kier molecular flexibility index (Phi) is 6.58. The minimum absolute atomic E-state index is 0.0350. The van der Waals surface area contributed by atoms with Crippen molar-refractivity contribution in [1.82, 2.24) is 4.90 Å². The molecule has 4 nitrogen and oxygen atoms in total. The number of anilines is 1. The fraction of sp³-hybridized carbons (Fsp3) is 0.0435. The molecular formula is C23H15Cl3N2O2S. The van der Waals surface area contributed by atoms with Crippen LogP contribution >= 0.6 is 46.6 Å². The summed E-state index contributed by atoms with van der Waals surface area (Å²) in [6, 6.07) is 21.3. The van der Waals surface area contributed by atoms with E-state index < -0.39 is 11.8 Å². The number of amides is 2. The molecule has 0 spiro atoms. The summed E-state index contributed by atoms with van der Waals surface area (Å²) in [5.74, 6) is -0.830. The molecule has 1 aliphatic rings. The zero-order chi connectivity index (χ0) is 22.0. The van der Waals surface area contributed by atoms with Gasteiger partial charge in [-0.05, 0) is 48.0 Å². The summed E-state index contributed by atoms with van der Waals surface area (Å²) >= 11 is 19.5. The van der Waals surface area contributed by atoms with Crippen LogP contribution in [-0.2, 0) is 16.1 Å². The van der Waals surface area contributed by atoms with Crippen LogP contribution < -0.4 is 5.32 Å². The molecule has 4 rings (SSSR count). The first-order chi connectivity index (χ1) is 14.9. The van der Waals surface area contributed by atoms with Crippen LogP contribution in [0.2, 0.25) is 15.1 Å². The maximum atomic E-state index is 13.3. The molecular weight excluding hydrogens is 475 g/mol. The number of hydrogen-bond donors (Lipinski definition) is 1. The van der Waals surface area contributed by atoms with Gasteiger partial charge < -0.3 is 5.32 Å². The molecule has 31 heavy (non-hydrogen) atoms. The Morgan fingerprint density at radius 2 is 1.55 bits per heavy atom. The van der Waals surface area contributed by atoms with E-state index in [1.807, 2.05) is 30.3 Å². The van der Waals surface area contributed by atoms with Crippen molar-refractivity contribution in [2.75, 3.05) is 5.32 Å². The van der Waals surface area contributed by atoms with E-state index in [1.165, 1.54) is 16.7 Å². The summed E-state index contributed by atoms with van der Waals surface area (Å²) in [5.41, 5.74) is 1.44. The van der Waals surface area contributed by atoms with Gasteiger partial charge in [-0.15, -0.1) is 0 Å². The average molecular weight is 490 g/mol. The molecule has 0 unspecified atom stereocenters. The molecule has 0 atom stereocenters. The van der Waals surface area contributed by atoms with Gasteiger partial charge in [0.1, 0.15) is 10.6 Å². The Hall–Kier alpha value is -2.44. The number of hydrogen-bond acceptors (Lipinski definition) is 4. The number of benzene rings is 3. The summed E-state index contributed by atoms with van der Waals surface area (Å²) in [7, 11) is 0. The standard InChI is InChI=1S/C23H15Cl3N2O2S/c24-15-5-4-6-17(11-15)27-20-21(31-18-7-2-1-3-8-18)23(30)28(22(20)29)13-14-9-10-16(25)12-19(14)26/h1-12,27H,13H2. The van der Waals surface area contributed by atoms with Crippen LogP contribution in [0, 0.1) is 0 Å². The molecule has 2 amide bonds. The molecule has 3 aromatic carbocycles. The lowest BCUT2D eigenvalue weighted by Crippen LogP contribution is -2.32. The van der Waals surface area contributed by atoms with Crippen LogP contribution in [0.25, 0.3) is 0 Å². The van der Waals surface area contributed by atoms with E-state index >= 15 is 0 Å². The molecule has 0 aliphatic carbocycles. The third-order valence-corrected chi connectivity index (χ3v) is 6.44. The van der Waals surface area contributed by atoms with Gasteiger partial charge in [0.2, 0.25) is 0 Å². The predicted molar refractivity (Wildman–Crippen MR) is 126 cm³/mol. The Morgan fingerprint density at radius 3 is 2.26 bits per heavy atom. The lowest BCUT2D eigenvalue weighted by molar-refractivity contribution is -0.137. The number of halogens is 3. The first-order valence-corrected chi connectivity index (χ1v) is 11.2. The van der Waals surface area contributed by atoms with Gasteiger partial charge in [-0.2, -0.15) is 0 Å². The molecule has 3 aromatic rings. The molecule has 156 valence electrons. The number of imide groups is 1. The Balaban J connectivity index is 1.68. The Labute approximate surface area is 198 Å². The second kappa shape index (κ2) is 9.37. The maximum absolute atomic E-state index is 13.3. The Morgan fingerprint density at radius 1 is 0.806 bits per heavy atom. The number of nitrogens with one attached hydrogen (secondary N) is 1. The van der Waals surface area contributed by atoms with Gasteiger partial charge in [0.15, 0.2) is 0 Å². The number of nitrogens with zero attached hydrogens (tertiary/aromatic N) is 1. The van der Waals surface area contributed by atoms with Crippen molar-refractivity contribution in [2.45, 2.75) is 11.4 Å². The van der Waals surface area contributed by atoms with Gasteiger partial charge in [-0.3, -0.25) is 14.5 Å². The van der Waals surface area contributed by atoms with E-state index in [-0.39, 0.29) is 12.2 Å². The molecule has 0 aromatic heterocycles. The number of rotatable bonds is 6.